The molecule has 2 atom stereocenters. The van der Waals surface area contributed by atoms with Crippen LogP contribution >= 0.6 is 11.6 Å². The fourth-order valence-corrected chi connectivity index (χ4v) is 3.60. The minimum Gasteiger partial charge on any atom is -0.328 e. The van der Waals surface area contributed by atoms with Gasteiger partial charge in [-0.05, 0) is 30.2 Å². The lowest BCUT2D eigenvalue weighted by Crippen LogP contribution is -2.39. The summed E-state index contributed by atoms with van der Waals surface area (Å²) in [6, 6.07) is 14.6. The minimum atomic E-state index is -0.612. The Balaban J connectivity index is 1.77. The maximum atomic E-state index is 13.2. The zero-order valence-electron chi connectivity index (χ0n) is 14.7. The normalized spacial score (nSPS) is 18.5. The van der Waals surface area contributed by atoms with E-state index in [4.69, 9.17) is 11.6 Å². The monoisotopic (exact) mass is 379 g/mol. The van der Waals surface area contributed by atoms with E-state index in [0.29, 0.717) is 16.7 Å². The molecule has 1 aliphatic heterocycles. The fourth-order valence-electron chi connectivity index (χ4n) is 3.35. The summed E-state index contributed by atoms with van der Waals surface area (Å²) in [4.78, 5) is 17.4. The molecule has 0 radical (unpaired) electrons. The smallest absolute Gasteiger partial charge is 0.235 e. The van der Waals surface area contributed by atoms with Gasteiger partial charge in [0.15, 0.2) is 0 Å². The van der Waals surface area contributed by atoms with E-state index in [-0.39, 0.29) is 5.91 Å². The second-order valence-electron chi connectivity index (χ2n) is 6.43. The third kappa shape index (κ3) is 3.08. The van der Waals surface area contributed by atoms with Crippen LogP contribution in [0.5, 0.6) is 0 Å². The Labute approximate surface area is 161 Å². The number of para-hydroxylation sites is 1. The predicted molar refractivity (Wildman–Crippen MR) is 106 cm³/mol. The van der Waals surface area contributed by atoms with Crippen molar-refractivity contribution in [3.05, 3.63) is 83.3 Å². The van der Waals surface area contributed by atoms with Crippen LogP contribution in [-0.4, -0.2) is 20.7 Å². The van der Waals surface area contributed by atoms with E-state index in [0.717, 1.165) is 16.8 Å². The van der Waals surface area contributed by atoms with Gasteiger partial charge in [-0.15, -0.1) is 0 Å². The summed E-state index contributed by atoms with van der Waals surface area (Å²) in [5.41, 5.74) is 3.08. The van der Waals surface area contributed by atoms with Crippen molar-refractivity contribution in [3.63, 3.8) is 0 Å². The molecule has 4 rings (SSSR count). The highest BCUT2D eigenvalue weighted by atomic mass is 35.5. The summed E-state index contributed by atoms with van der Waals surface area (Å²) < 4.78 is 1.68. The molecule has 2 aromatic carbocycles. The van der Waals surface area contributed by atoms with Gasteiger partial charge in [-0.2, -0.15) is 10.1 Å². The molecule has 6 nitrogen and oxygen atoms in total. The van der Waals surface area contributed by atoms with Gasteiger partial charge in [0.25, 0.3) is 0 Å². The number of halogens is 1. The number of rotatable bonds is 3. The zero-order chi connectivity index (χ0) is 19.0. The van der Waals surface area contributed by atoms with Crippen molar-refractivity contribution in [1.29, 1.82) is 0 Å². The van der Waals surface area contributed by atoms with Crippen LogP contribution in [-0.2, 0) is 4.79 Å². The Morgan fingerprint density at radius 2 is 1.96 bits per heavy atom. The summed E-state index contributed by atoms with van der Waals surface area (Å²) in [6.45, 7) is 6.02. The molecule has 0 saturated carbocycles. The third-order valence-electron chi connectivity index (χ3n) is 4.71. The first-order chi connectivity index (χ1) is 13.1. The number of fused-ring (bicyclic) bond motifs is 1. The third-order valence-corrected chi connectivity index (χ3v) is 5.05. The van der Waals surface area contributed by atoms with Gasteiger partial charge in [-0.25, -0.2) is 4.68 Å². The second kappa shape index (κ2) is 6.89. The van der Waals surface area contributed by atoms with Crippen molar-refractivity contribution < 1.29 is 4.79 Å². The fraction of sp³-hybridized carbons (Fsp3) is 0.150. The Bertz CT molecular complexity index is 1030. The van der Waals surface area contributed by atoms with E-state index < -0.39 is 12.0 Å². The molecule has 0 saturated heterocycles. The van der Waals surface area contributed by atoms with Gasteiger partial charge in [0, 0.05) is 16.4 Å². The molecule has 1 amide bonds. The van der Waals surface area contributed by atoms with Crippen LogP contribution in [0.2, 0.25) is 5.02 Å². The first-order valence-corrected chi connectivity index (χ1v) is 8.90. The second-order valence-corrected chi connectivity index (χ2v) is 6.83. The number of hydrogen-bond acceptors (Lipinski definition) is 4. The van der Waals surface area contributed by atoms with Crippen LogP contribution in [0.3, 0.4) is 0 Å². The molecule has 1 aliphatic rings. The maximum absolute atomic E-state index is 13.2. The number of carbonyl (C=O) groups excluding carboxylic acids is 1. The van der Waals surface area contributed by atoms with Crippen LogP contribution in [0.25, 0.3) is 0 Å². The van der Waals surface area contributed by atoms with E-state index in [1.807, 2.05) is 49.4 Å². The van der Waals surface area contributed by atoms with Crippen LogP contribution in [0.15, 0.2) is 67.1 Å². The van der Waals surface area contributed by atoms with Gasteiger partial charge < -0.3 is 10.6 Å². The molecule has 1 aromatic heterocycles. The molecular formula is C20H18ClN5O. The highest BCUT2D eigenvalue weighted by molar-refractivity contribution is 6.31. The molecule has 27 heavy (non-hydrogen) atoms. The summed E-state index contributed by atoms with van der Waals surface area (Å²) in [5.74, 6) is -0.267. The number of aromatic nitrogens is 3. The van der Waals surface area contributed by atoms with Crippen LogP contribution in [0, 0.1) is 12.8 Å². The molecular weight excluding hydrogens is 362 g/mol. The highest BCUT2D eigenvalue weighted by Gasteiger charge is 2.40. The van der Waals surface area contributed by atoms with Gasteiger partial charge in [0.05, 0.1) is 6.04 Å². The summed E-state index contributed by atoms with van der Waals surface area (Å²) >= 11 is 6.45. The molecule has 0 bridgehead atoms. The SMILES string of the molecule is C=C1Nc2ncnn2[C@H](c2ccccc2Cl)[C@H]1C(=O)Nc1ccccc1C. The van der Waals surface area contributed by atoms with Crippen molar-refractivity contribution in [1.82, 2.24) is 14.8 Å². The van der Waals surface area contributed by atoms with Gasteiger partial charge >= 0.3 is 0 Å². The van der Waals surface area contributed by atoms with Crippen LogP contribution < -0.4 is 10.6 Å². The number of nitrogens with one attached hydrogen (secondary N) is 2. The van der Waals surface area contributed by atoms with Gasteiger partial charge in [-0.3, -0.25) is 4.79 Å². The Hall–Kier alpha value is -3.12. The molecule has 0 unspecified atom stereocenters. The Morgan fingerprint density at radius 3 is 2.74 bits per heavy atom. The van der Waals surface area contributed by atoms with E-state index in [1.54, 1.807) is 10.7 Å². The van der Waals surface area contributed by atoms with Crippen molar-refractivity contribution in [2.45, 2.75) is 13.0 Å². The summed E-state index contributed by atoms with van der Waals surface area (Å²) in [5, 5.41) is 11.0. The minimum absolute atomic E-state index is 0.187. The molecule has 2 heterocycles. The molecule has 0 spiro atoms. The van der Waals surface area contributed by atoms with Crippen molar-refractivity contribution in [2.75, 3.05) is 10.6 Å². The maximum Gasteiger partial charge on any atom is 0.235 e. The number of aryl methyl sites for hydroxylation is 1. The Morgan fingerprint density at radius 1 is 1.22 bits per heavy atom. The van der Waals surface area contributed by atoms with E-state index >= 15 is 0 Å². The molecule has 0 fully saturated rings. The standard InChI is InChI=1S/C20H18ClN5O/c1-12-7-3-6-10-16(12)25-19(27)17-13(2)24-20-22-11-23-26(20)18(17)14-8-4-5-9-15(14)21/h3-11,17-18H,2H2,1H3,(H,25,27)(H,22,23,24)/t17-,18+/m0/s1. The number of anilines is 2. The van der Waals surface area contributed by atoms with E-state index in [1.165, 1.54) is 6.33 Å². The van der Waals surface area contributed by atoms with Crippen molar-refractivity contribution >= 4 is 29.1 Å². The molecule has 3 aromatic rings. The summed E-state index contributed by atoms with van der Waals surface area (Å²) in [6.07, 6.45) is 1.45. The van der Waals surface area contributed by atoms with Gasteiger partial charge in [0.2, 0.25) is 11.9 Å². The van der Waals surface area contributed by atoms with Crippen molar-refractivity contribution in [2.24, 2.45) is 5.92 Å². The topological polar surface area (TPSA) is 71.8 Å². The van der Waals surface area contributed by atoms with E-state index in [9.17, 15) is 4.79 Å². The van der Waals surface area contributed by atoms with Crippen LogP contribution in [0.4, 0.5) is 11.6 Å². The highest BCUT2D eigenvalue weighted by Crippen LogP contribution is 2.40. The molecule has 7 heteroatoms. The first kappa shape index (κ1) is 17.3. The van der Waals surface area contributed by atoms with Gasteiger partial charge in [0.1, 0.15) is 12.2 Å². The zero-order valence-corrected chi connectivity index (χ0v) is 15.4. The van der Waals surface area contributed by atoms with Crippen molar-refractivity contribution in [3.8, 4) is 0 Å². The number of hydrogen-bond donors (Lipinski definition) is 2. The van der Waals surface area contributed by atoms with Gasteiger partial charge in [-0.1, -0.05) is 54.6 Å². The number of nitrogens with zero attached hydrogens (tertiary/aromatic N) is 3. The predicted octanol–water partition coefficient (Wildman–Crippen LogP) is 4.02. The average Bonchev–Trinajstić information content (AvgIpc) is 3.11. The first-order valence-electron chi connectivity index (χ1n) is 8.52. The molecule has 2 N–H and O–H groups in total. The lowest BCUT2D eigenvalue weighted by molar-refractivity contribution is -0.119. The number of benzene rings is 2. The van der Waals surface area contributed by atoms with E-state index in [2.05, 4.69) is 27.3 Å². The largest absolute Gasteiger partial charge is 0.328 e. The number of amides is 1. The Kier molecular flexibility index (Phi) is 4.41. The molecule has 0 aliphatic carbocycles. The number of carbonyl (C=O) groups is 1. The molecule has 136 valence electrons. The van der Waals surface area contributed by atoms with Crippen LogP contribution in [0.1, 0.15) is 17.2 Å². The average molecular weight is 380 g/mol. The summed E-state index contributed by atoms with van der Waals surface area (Å²) in [7, 11) is 0. The lowest BCUT2D eigenvalue weighted by Gasteiger charge is -2.34. The lowest BCUT2D eigenvalue weighted by atomic mass is 9.88. The quantitative estimate of drug-likeness (QED) is 0.720.